The Hall–Kier alpha value is 0.0969. The first kappa shape index (κ1) is 22.1. The van der Waals surface area contributed by atoms with E-state index >= 15 is 0 Å². The molecule has 0 fully saturated rings. The minimum atomic E-state index is -1.54. The van der Waals surface area contributed by atoms with Crippen molar-refractivity contribution in [2.24, 2.45) is 5.41 Å². The van der Waals surface area contributed by atoms with E-state index in [2.05, 4.69) is 58.4 Å². The van der Waals surface area contributed by atoms with E-state index in [0.717, 1.165) is 0 Å². The highest BCUT2D eigenvalue weighted by atomic mass is 28.4. The molecule has 0 aromatic heterocycles. The van der Waals surface area contributed by atoms with Crippen molar-refractivity contribution < 1.29 is 4.43 Å². The second-order valence-corrected chi connectivity index (χ2v) is 12.2. The minimum absolute atomic E-state index is 0.485. The molecule has 0 N–H and O–H groups in total. The van der Waals surface area contributed by atoms with E-state index in [1.807, 2.05) is 7.11 Å². The topological polar surface area (TPSA) is 15.7 Å². The van der Waals surface area contributed by atoms with Crippen LogP contribution in [0, 0.1) is 5.41 Å². The van der Waals surface area contributed by atoms with E-state index in [9.17, 15) is 0 Å². The first-order valence-corrected chi connectivity index (χ1v) is 11.9. The standard InChI is InChI=1S/C18H42N2OSi/c1-9-18(13-11-15-19(3)4,14-12-16-20(5)6)17-22(8,10-2)21-7/h9-17H2,1-8H3. The molecule has 1 unspecified atom stereocenters. The molecule has 0 aliphatic carbocycles. The van der Waals surface area contributed by atoms with Crippen LogP contribution in [0.2, 0.25) is 18.6 Å². The fourth-order valence-corrected chi connectivity index (χ4v) is 6.33. The van der Waals surface area contributed by atoms with Gasteiger partial charge in [-0.15, -0.1) is 0 Å². The average molecular weight is 331 g/mol. The summed E-state index contributed by atoms with van der Waals surface area (Å²) in [5, 5.41) is 0. The second kappa shape index (κ2) is 10.8. The van der Waals surface area contributed by atoms with E-state index in [1.54, 1.807) is 0 Å². The van der Waals surface area contributed by atoms with Crippen LogP contribution in [-0.4, -0.2) is 66.5 Å². The van der Waals surface area contributed by atoms with Crippen LogP contribution in [0.4, 0.5) is 0 Å². The molecule has 0 spiro atoms. The molecular weight excluding hydrogens is 288 g/mol. The molecule has 0 radical (unpaired) electrons. The van der Waals surface area contributed by atoms with Crippen LogP contribution in [0.15, 0.2) is 0 Å². The zero-order valence-electron chi connectivity index (χ0n) is 16.7. The molecular formula is C18H42N2OSi. The van der Waals surface area contributed by atoms with E-state index in [1.165, 1.54) is 57.3 Å². The van der Waals surface area contributed by atoms with E-state index in [0.29, 0.717) is 5.41 Å². The van der Waals surface area contributed by atoms with Gasteiger partial charge in [-0.05, 0) is 91.0 Å². The summed E-state index contributed by atoms with van der Waals surface area (Å²) in [5.41, 5.74) is 0.485. The van der Waals surface area contributed by atoms with Gasteiger partial charge < -0.3 is 14.2 Å². The third-order valence-corrected chi connectivity index (χ3v) is 9.34. The third kappa shape index (κ3) is 8.66. The lowest BCUT2D eigenvalue weighted by molar-refractivity contribution is 0.210. The van der Waals surface area contributed by atoms with Gasteiger partial charge >= 0.3 is 0 Å². The van der Waals surface area contributed by atoms with Crippen molar-refractivity contribution in [1.29, 1.82) is 0 Å². The molecule has 3 nitrogen and oxygen atoms in total. The molecule has 22 heavy (non-hydrogen) atoms. The van der Waals surface area contributed by atoms with Gasteiger partial charge in [0.2, 0.25) is 0 Å². The molecule has 4 heteroatoms. The summed E-state index contributed by atoms with van der Waals surface area (Å²) < 4.78 is 6.02. The summed E-state index contributed by atoms with van der Waals surface area (Å²) in [4.78, 5) is 4.63. The van der Waals surface area contributed by atoms with Gasteiger partial charge in [-0.25, -0.2) is 0 Å². The molecule has 1 atom stereocenters. The Kier molecular flexibility index (Phi) is 10.8. The summed E-state index contributed by atoms with van der Waals surface area (Å²) in [6.45, 7) is 9.54. The molecule has 0 rings (SSSR count). The highest BCUT2D eigenvalue weighted by molar-refractivity contribution is 6.72. The quantitative estimate of drug-likeness (QED) is 0.468. The van der Waals surface area contributed by atoms with Gasteiger partial charge in [0, 0.05) is 7.11 Å². The van der Waals surface area contributed by atoms with Gasteiger partial charge in [0.05, 0.1) is 0 Å². The van der Waals surface area contributed by atoms with Crippen LogP contribution in [0.5, 0.6) is 0 Å². The average Bonchev–Trinajstić information content (AvgIpc) is 2.46. The van der Waals surface area contributed by atoms with Crippen LogP contribution in [0.3, 0.4) is 0 Å². The summed E-state index contributed by atoms with van der Waals surface area (Å²) in [7, 11) is 9.13. The van der Waals surface area contributed by atoms with Gasteiger partial charge in [-0.2, -0.15) is 0 Å². The van der Waals surface area contributed by atoms with Crippen LogP contribution in [-0.2, 0) is 4.43 Å². The largest absolute Gasteiger partial charge is 0.420 e. The predicted molar refractivity (Wildman–Crippen MR) is 102 cm³/mol. The molecule has 0 aromatic carbocycles. The maximum absolute atomic E-state index is 6.02. The Morgan fingerprint density at radius 1 is 0.909 bits per heavy atom. The normalized spacial score (nSPS) is 15.5. The molecule has 0 amide bonds. The fourth-order valence-electron chi connectivity index (χ4n) is 3.46. The van der Waals surface area contributed by atoms with E-state index in [4.69, 9.17) is 4.43 Å². The molecule has 0 aliphatic rings. The van der Waals surface area contributed by atoms with Crippen LogP contribution in [0.1, 0.15) is 46.0 Å². The number of hydrogen-bond donors (Lipinski definition) is 0. The second-order valence-electron chi connectivity index (χ2n) is 7.85. The van der Waals surface area contributed by atoms with Gasteiger partial charge in [-0.1, -0.05) is 20.3 Å². The van der Waals surface area contributed by atoms with Crippen molar-refractivity contribution in [3.8, 4) is 0 Å². The highest BCUT2D eigenvalue weighted by Gasteiger charge is 2.38. The van der Waals surface area contributed by atoms with Gasteiger partial charge in [0.15, 0.2) is 8.32 Å². The molecule has 0 saturated carbocycles. The summed E-state index contributed by atoms with van der Waals surface area (Å²) in [5.74, 6) is 0. The van der Waals surface area contributed by atoms with E-state index < -0.39 is 8.32 Å². The maximum atomic E-state index is 6.02. The Bertz CT molecular complexity index is 264. The van der Waals surface area contributed by atoms with Gasteiger partial charge in [0.25, 0.3) is 0 Å². The molecule has 0 heterocycles. The summed E-state index contributed by atoms with van der Waals surface area (Å²) >= 11 is 0. The van der Waals surface area contributed by atoms with Crippen LogP contribution < -0.4 is 0 Å². The van der Waals surface area contributed by atoms with Crippen molar-refractivity contribution in [3.63, 3.8) is 0 Å². The lowest BCUT2D eigenvalue weighted by Gasteiger charge is -2.40. The van der Waals surface area contributed by atoms with Crippen molar-refractivity contribution in [1.82, 2.24) is 9.80 Å². The first-order valence-electron chi connectivity index (χ1n) is 9.07. The minimum Gasteiger partial charge on any atom is -0.420 e. The third-order valence-electron chi connectivity index (χ3n) is 5.36. The number of nitrogens with zero attached hydrogens (tertiary/aromatic N) is 2. The highest BCUT2D eigenvalue weighted by Crippen LogP contribution is 2.42. The molecule has 0 saturated heterocycles. The molecule has 0 bridgehead atoms. The smallest absolute Gasteiger partial charge is 0.189 e. The maximum Gasteiger partial charge on any atom is 0.189 e. The SMILES string of the molecule is CCC(CCCN(C)C)(CCCN(C)C)C[Si](C)(CC)OC. The first-order chi connectivity index (χ1) is 10.2. The monoisotopic (exact) mass is 330 g/mol. The van der Waals surface area contributed by atoms with Crippen molar-refractivity contribution >= 4 is 8.32 Å². The molecule has 0 aromatic rings. The Labute approximate surface area is 141 Å². The molecule has 0 aliphatic heterocycles. The number of hydrogen-bond acceptors (Lipinski definition) is 3. The zero-order chi connectivity index (χ0) is 17.2. The predicted octanol–water partition coefficient (Wildman–Crippen LogP) is 4.31. The van der Waals surface area contributed by atoms with Crippen LogP contribution in [0.25, 0.3) is 0 Å². The number of rotatable bonds is 13. The lowest BCUT2D eigenvalue weighted by atomic mass is 9.78. The van der Waals surface area contributed by atoms with Gasteiger partial charge in [-0.3, -0.25) is 0 Å². The van der Waals surface area contributed by atoms with Crippen molar-refractivity contribution in [2.75, 3.05) is 48.4 Å². The van der Waals surface area contributed by atoms with Crippen molar-refractivity contribution in [2.45, 2.75) is 64.6 Å². The Balaban J connectivity index is 4.88. The van der Waals surface area contributed by atoms with Crippen molar-refractivity contribution in [3.05, 3.63) is 0 Å². The summed E-state index contributed by atoms with van der Waals surface area (Å²) in [6, 6.07) is 2.55. The van der Waals surface area contributed by atoms with Gasteiger partial charge in [0.1, 0.15) is 0 Å². The molecule has 134 valence electrons. The fraction of sp³-hybridized carbons (Fsp3) is 1.00. The Morgan fingerprint density at radius 3 is 1.64 bits per heavy atom. The lowest BCUT2D eigenvalue weighted by Crippen LogP contribution is -2.40. The Morgan fingerprint density at radius 2 is 1.36 bits per heavy atom. The summed E-state index contributed by atoms with van der Waals surface area (Å²) in [6.07, 6.45) is 6.60. The van der Waals surface area contributed by atoms with E-state index in [-0.39, 0.29) is 0 Å². The zero-order valence-corrected chi connectivity index (χ0v) is 17.7. The van der Waals surface area contributed by atoms with Crippen LogP contribution >= 0.6 is 0 Å².